The predicted octanol–water partition coefficient (Wildman–Crippen LogP) is 3.34. The van der Waals surface area contributed by atoms with E-state index in [4.69, 9.17) is 15.2 Å². The molecule has 2 aromatic heterocycles. The van der Waals surface area contributed by atoms with Crippen LogP contribution >= 0.6 is 22.7 Å². The van der Waals surface area contributed by atoms with Crippen molar-refractivity contribution in [2.75, 3.05) is 18.5 Å². The minimum atomic E-state index is -0.723. The molecule has 0 spiro atoms. The summed E-state index contributed by atoms with van der Waals surface area (Å²) in [5.41, 5.74) is 6.03. The highest BCUT2D eigenvalue weighted by atomic mass is 32.1. The standard InChI is InChI=1S/C20H18N2O6S2/c1-3-27-20(26)15-10(2)16(17(21)24)30-18(15)22-14(23)9-28-19(25)12-4-5-13-11(8-12)6-7-29-13/h4-8H,3,9H2,1-2H3,(H2,21,24)(H,22,23). The van der Waals surface area contributed by atoms with E-state index in [1.165, 1.54) is 0 Å². The topological polar surface area (TPSA) is 125 Å². The number of carbonyl (C=O) groups is 4. The first-order valence-corrected chi connectivity index (χ1v) is 10.6. The van der Waals surface area contributed by atoms with Crippen molar-refractivity contribution in [3.8, 4) is 0 Å². The van der Waals surface area contributed by atoms with Gasteiger partial charge in [0.25, 0.3) is 11.8 Å². The highest BCUT2D eigenvalue weighted by molar-refractivity contribution is 7.18. The first-order chi connectivity index (χ1) is 14.3. The average Bonchev–Trinajstić information content (AvgIpc) is 3.29. The number of thiophene rings is 2. The SMILES string of the molecule is CCOC(=O)c1c(NC(=O)COC(=O)c2ccc3sccc3c2)sc(C(N)=O)c1C. The van der Waals surface area contributed by atoms with Gasteiger partial charge in [-0.15, -0.1) is 22.7 Å². The lowest BCUT2D eigenvalue weighted by molar-refractivity contribution is -0.119. The molecule has 0 radical (unpaired) electrons. The monoisotopic (exact) mass is 446 g/mol. The molecule has 1 aromatic carbocycles. The first-order valence-electron chi connectivity index (χ1n) is 8.86. The Balaban J connectivity index is 1.70. The zero-order valence-electron chi connectivity index (χ0n) is 16.1. The molecule has 0 unspecified atom stereocenters. The van der Waals surface area contributed by atoms with E-state index in [1.807, 2.05) is 17.5 Å². The highest BCUT2D eigenvalue weighted by Gasteiger charge is 2.26. The number of nitrogens with one attached hydrogen (secondary N) is 1. The number of esters is 2. The van der Waals surface area contributed by atoms with Gasteiger partial charge in [-0.3, -0.25) is 9.59 Å². The molecule has 156 valence electrons. The fraction of sp³-hybridized carbons (Fsp3) is 0.200. The number of primary amides is 1. The molecule has 0 aliphatic carbocycles. The molecular formula is C20H18N2O6S2. The average molecular weight is 447 g/mol. The molecule has 2 amide bonds. The largest absolute Gasteiger partial charge is 0.462 e. The third kappa shape index (κ3) is 4.50. The quantitative estimate of drug-likeness (QED) is 0.536. The Hall–Kier alpha value is -3.24. The summed E-state index contributed by atoms with van der Waals surface area (Å²) in [4.78, 5) is 48.5. The summed E-state index contributed by atoms with van der Waals surface area (Å²) in [6, 6.07) is 7.00. The second kappa shape index (κ2) is 9.06. The van der Waals surface area contributed by atoms with E-state index in [-0.39, 0.29) is 22.0 Å². The molecule has 0 saturated heterocycles. The maximum Gasteiger partial charge on any atom is 0.341 e. The Morgan fingerprint density at radius 2 is 1.87 bits per heavy atom. The van der Waals surface area contributed by atoms with Crippen molar-refractivity contribution >= 4 is 61.5 Å². The van der Waals surface area contributed by atoms with E-state index in [0.29, 0.717) is 11.1 Å². The van der Waals surface area contributed by atoms with E-state index in [2.05, 4.69) is 5.32 Å². The number of hydrogen-bond acceptors (Lipinski definition) is 8. The van der Waals surface area contributed by atoms with Crippen LogP contribution in [0.3, 0.4) is 0 Å². The van der Waals surface area contributed by atoms with Crippen molar-refractivity contribution in [3.63, 3.8) is 0 Å². The maximum absolute atomic E-state index is 12.3. The zero-order chi connectivity index (χ0) is 21.8. The molecule has 0 aliphatic rings. The number of rotatable bonds is 7. The van der Waals surface area contributed by atoms with Gasteiger partial charge in [-0.05, 0) is 54.4 Å². The third-order valence-electron chi connectivity index (χ3n) is 4.13. The van der Waals surface area contributed by atoms with Gasteiger partial charge in [0.2, 0.25) is 0 Å². The normalized spacial score (nSPS) is 10.6. The summed E-state index contributed by atoms with van der Waals surface area (Å²) in [5, 5.41) is 5.43. The van der Waals surface area contributed by atoms with Crippen molar-refractivity contribution in [3.05, 3.63) is 51.2 Å². The van der Waals surface area contributed by atoms with Crippen molar-refractivity contribution in [2.45, 2.75) is 13.8 Å². The van der Waals surface area contributed by atoms with Crippen LogP contribution in [-0.4, -0.2) is 37.0 Å². The van der Waals surface area contributed by atoms with Gasteiger partial charge < -0.3 is 20.5 Å². The van der Waals surface area contributed by atoms with Gasteiger partial charge in [0.1, 0.15) is 5.00 Å². The lowest BCUT2D eigenvalue weighted by atomic mass is 10.1. The van der Waals surface area contributed by atoms with Crippen LogP contribution in [0.5, 0.6) is 0 Å². The number of carbonyl (C=O) groups excluding carboxylic acids is 4. The molecule has 0 fully saturated rings. The van der Waals surface area contributed by atoms with Crippen LogP contribution in [0.25, 0.3) is 10.1 Å². The van der Waals surface area contributed by atoms with E-state index in [1.54, 1.807) is 37.3 Å². The van der Waals surface area contributed by atoms with Gasteiger partial charge in [-0.1, -0.05) is 0 Å². The summed E-state index contributed by atoms with van der Waals surface area (Å²) in [7, 11) is 0. The predicted molar refractivity (Wildman–Crippen MR) is 114 cm³/mol. The molecule has 3 aromatic rings. The lowest BCUT2D eigenvalue weighted by Gasteiger charge is -2.08. The first kappa shape index (κ1) is 21.5. The van der Waals surface area contributed by atoms with Crippen molar-refractivity contribution in [2.24, 2.45) is 5.73 Å². The summed E-state index contributed by atoms with van der Waals surface area (Å²) in [6.07, 6.45) is 0. The van der Waals surface area contributed by atoms with Gasteiger partial charge in [0.05, 0.1) is 22.6 Å². The van der Waals surface area contributed by atoms with Crippen LogP contribution in [-0.2, 0) is 14.3 Å². The van der Waals surface area contributed by atoms with Crippen molar-refractivity contribution in [1.29, 1.82) is 0 Å². The van der Waals surface area contributed by atoms with Crippen molar-refractivity contribution in [1.82, 2.24) is 0 Å². The Bertz CT molecular complexity index is 1150. The summed E-state index contributed by atoms with van der Waals surface area (Å²) in [6.45, 7) is 2.74. The molecule has 0 saturated carbocycles. The fourth-order valence-electron chi connectivity index (χ4n) is 2.76. The molecular weight excluding hydrogens is 428 g/mol. The summed E-state index contributed by atoms with van der Waals surface area (Å²) >= 11 is 2.42. The molecule has 10 heteroatoms. The second-order valence-electron chi connectivity index (χ2n) is 6.14. The molecule has 3 N–H and O–H groups in total. The Morgan fingerprint density at radius 1 is 1.10 bits per heavy atom. The summed E-state index contributed by atoms with van der Waals surface area (Å²) < 4.78 is 11.1. The van der Waals surface area contributed by atoms with E-state index < -0.39 is 30.4 Å². The minimum Gasteiger partial charge on any atom is -0.462 e. The van der Waals surface area contributed by atoms with Gasteiger partial charge in [-0.25, -0.2) is 9.59 Å². The van der Waals surface area contributed by atoms with Gasteiger partial charge in [0.15, 0.2) is 6.61 Å². The number of anilines is 1. The van der Waals surface area contributed by atoms with Gasteiger partial charge in [0, 0.05) is 4.70 Å². The van der Waals surface area contributed by atoms with Crippen molar-refractivity contribution < 1.29 is 28.7 Å². The van der Waals surface area contributed by atoms with Gasteiger partial charge >= 0.3 is 11.9 Å². The van der Waals surface area contributed by atoms with E-state index >= 15 is 0 Å². The van der Waals surface area contributed by atoms with Crippen LogP contribution in [0.15, 0.2) is 29.6 Å². The molecule has 30 heavy (non-hydrogen) atoms. The zero-order valence-corrected chi connectivity index (χ0v) is 17.8. The van der Waals surface area contributed by atoms with Crippen LogP contribution in [0.1, 0.15) is 42.9 Å². The van der Waals surface area contributed by atoms with E-state index in [0.717, 1.165) is 21.4 Å². The summed E-state index contributed by atoms with van der Waals surface area (Å²) in [5.74, 6) is -2.72. The van der Waals surface area contributed by atoms with E-state index in [9.17, 15) is 19.2 Å². The van der Waals surface area contributed by atoms with Crippen LogP contribution in [0.2, 0.25) is 0 Å². The molecule has 0 aliphatic heterocycles. The molecule has 8 nitrogen and oxygen atoms in total. The maximum atomic E-state index is 12.3. The minimum absolute atomic E-state index is 0.0539. The molecule has 0 bridgehead atoms. The smallest absolute Gasteiger partial charge is 0.341 e. The Labute approximate surface area is 179 Å². The highest BCUT2D eigenvalue weighted by Crippen LogP contribution is 2.33. The van der Waals surface area contributed by atoms with Crippen LogP contribution < -0.4 is 11.1 Å². The fourth-order valence-corrected chi connectivity index (χ4v) is 4.59. The molecule has 3 rings (SSSR count). The van der Waals surface area contributed by atoms with Crippen LogP contribution in [0, 0.1) is 6.92 Å². The lowest BCUT2D eigenvalue weighted by Crippen LogP contribution is -2.21. The number of nitrogens with two attached hydrogens (primary N) is 1. The van der Waals surface area contributed by atoms with Crippen LogP contribution in [0.4, 0.5) is 5.00 Å². The number of benzene rings is 1. The Morgan fingerprint density at radius 3 is 2.57 bits per heavy atom. The Kier molecular flexibility index (Phi) is 6.48. The second-order valence-corrected chi connectivity index (χ2v) is 8.11. The molecule has 2 heterocycles. The molecule has 0 atom stereocenters. The number of ether oxygens (including phenoxy) is 2. The number of amides is 2. The third-order valence-corrected chi connectivity index (χ3v) is 6.25. The van der Waals surface area contributed by atoms with Gasteiger partial charge in [-0.2, -0.15) is 0 Å². The number of hydrogen-bond donors (Lipinski definition) is 2. The number of fused-ring (bicyclic) bond motifs is 1.